The van der Waals surface area contributed by atoms with Gasteiger partial charge in [-0.1, -0.05) is 0 Å². The van der Waals surface area contributed by atoms with Gasteiger partial charge in [0, 0.05) is 11.7 Å². The minimum Gasteiger partial charge on any atom is -0.369 e. The summed E-state index contributed by atoms with van der Waals surface area (Å²) in [6.07, 6.45) is 2.13. The fourth-order valence-corrected chi connectivity index (χ4v) is 2.13. The molecule has 1 fully saturated rings. The molecule has 3 rings (SSSR count). The highest BCUT2D eigenvalue weighted by Gasteiger charge is 2.28. The van der Waals surface area contributed by atoms with Crippen molar-refractivity contribution in [2.24, 2.45) is 0 Å². The summed E-state index contributed by atoms with van der Waals surface area (Å²) in [6.45, 7) is 3.72. The molecule has 1 aliphatic rings. The summed E-state index contributed by atoms with van der Waals surface area (Å²) in [5.74, 6) is 0.295. The smallest absolute Gasteiger partial charge is 0.243 e. The van der Waals surface area contributed by atoms with E-state index >= 15 is 0 Å². The molecule has 6 heteroatoms. The average molecular weight is 259 g/mol. The second kappa shape index (κ2) is 4.22. The summed E-state index contributed by atoms with van der Waals surface area (Å²) in [5.41, 5.74) is 8.18. The number of aryl methyl sites for hydroxylation is 1. The Morgan fingerprint density at radius 2 is 2.21 bits per heavy atom. The third-order valence-corrected chi connectivity index (χ3v) is 3.39. The first-order valence-corrected chi connectivity index (χ1v) is 6.47. The summed E-state index contributed by atoms with van der Waals surface area (Å²) in [4.78, 5) is 20.8. The lowest BCUT2D eigenvalue weighted by Gasteiger charge is -2.15. The van der Waals surface area contributed by atoms with Crippen molar-refractivity contribution < 1.29 is 4.79 Å². The molecule has 0 bridgehead atoms. The van der Waals surface area contributed by atoms with Crippen molar-refractivity contribution in [3.63, 3.8) is 0 Å². The van der Waals surface area contributed by atoms with Crippen molar-refractivity contribution in [1.29, 1.82) is 0 Å². The number of hydrogen-bond donors (Lipinski definition) is 2. The van der Waals surface area contributed by atoms with Crippen LogP contribution in [0.3, 0.4) is 0 Å². The van der Waals surface area contributed by atoms with Gasteiger partial charge < -0.3 is 11.1 Å². The molecule has 2 aromatic heterocycles. The van der Waals surface area contributed by atoms with Gasteiger partial charge in [-0.15, -0.1) is 0 Å². The lowest BCUT2D eigenvalue weighted by atomic mass is 10.3. The maximum atomic E-state index is 12.1. The van der Waals surface area contributed by atoms with Crippen LogP contribution in [0.2, 0.25) is 0 Å². The van der Waals surface area contributed by atoms with E-state index in [0.717, 1.165) is 18.5 Å². The Balaban J connectivity index is 2.00. The highest BCUT2D eigenvalue weighted by atomic mass is 16.2. The van der Waals surface area contributed by atoms with Crippen LogP contribution in [0.1, 0.15) is 31.5 Å². The minimum absolute atomic E-state index is 0.0307. The van der Waals surface area contributed by atoms with Crippen molar-refractivity contribution in [3.8, 4) is 0 Å². The van der Waals surface area contributed by atoms with E-state index in [9.17, 15) is 4.79 Å². The number of rotatable bonds is 3. The largest absolute Gasteiger partial charge is 0.369 e. The second-order valence-corrected chi connectivity index (χ2v) is 5.09. The number of nitrogens with zero attached hydrogens (tertiary/aromatic N) is 3. The van der Waals surface area contributed by atoms with Crippen LogP contribution in [0.25, 0.3) is 11.2 Å². The number of nitrogens with one attached hydrogen (secondary N) is 1. The summed E-state index contributed by atoms with van der Waals surface area (Å²) in [7, 11) is 0. The molecule has 6 nitrogen and oxygen atoms in total. The molecule has 1 aliphatic carbocycles. The zero-order valence-electron chi connectivity index (χ0n) is 11.1. The molecule has 0 aliphatic heterocycles. The molecule has 1 unspecified atom stereocenters. The number of nitrogen functional groups attached to an aromatic ring is 1. The van der Waals surface area contributed by atoms with Gasteiger partial charge in [0.2, 0.25) is 11.9 Å². The van der Waals surface area contributed by atoms with E-state index in [0.29, 0.717) is 23.2 Å². The van der Waals surface area contributed by atoms with Gasteiger partial charge in [0.25, 0.3) is 0 Å². The zero-order chi connectivity index (χ0) is 13.6. The number of anilines is 1. The van der Waals surface area contributed by atoms with Gasteiger partial charge in [0.15, 0.2) is 5.65 Å². The Kier molecular flexibility index (Phi) is 2.66. The molecule has 0 aromatic carbocycles. The fraction of sp³-hybridized carbons (Fsp3) is 0.462. The van der Waals surface area contributed by atoms with Gasteiger partial charge in [-0.3, -0.25) is 9.36 Å². The average Bonchev–Trinajstić information content (AvgIpc) is 3.10. The minimum atomic E-state index is -0.403. The maximum Gasteiger partial charge on any atom is 0.243 e. The summed E-state index contributed by atoms with van der Waals surface area (Å²) < 4.78 is 1.69. The molecule has 100 valence electrons. The van der Waals surface area contributed by atoms with Gasteiger partial charge in [-0.25, -0.2) is 9.97 Å². The first-order valence-electron chi connectivity index (χ1n) is 6.47. The van der Waals surface area contributed by atoms with Crippen LogP contribution >= 0.6 is 0 Å². The van der Waals surface area contributed by atoms with E-state index in [1.807, 2.05) is 26.0 Å². The first-order chi connectivity index (χ1) is 9.06. The van der Waals surface area contributed by atoms with E-state index in [2.05, 4.69) is 15.3 Å². The van der Waals surface area contributed by atoms with Gasteiger partial charge in [0.1, 0.15) is 11.6 Å². The Bertz CT molecular complexity index is 644. The number of carbonyl (C=O) groups is 1. The third kappa shape index (κ3) is 2.14. The Labute approximate surface area is 111 Å². The van der Waals surface area contributed by atoms with E-state index in [1.165, 1.54) is 0 Å². The first kappa shape index (κ1) is 12.0. The molecule has 1 saturated carbocycles. The number of amides is 1. The van der Waals surface area contributed by atoms with Crippen LogP contribution < -0.4 is 11.1 Å². The van der Waals surface area contributed by atoms with Crippen LogP contribution in [0.15, 0.2) is 12.1 Å². The molecule has 2 aromatic rings. The molecule has 0 spiro atoms. The van der Waals surface area contributed by atoms with Crippen molar-refractivity contribution in [3.05, 3.63) is 17.8 Å². The number of hydrogen-bond acceptors (Lipinski definition) is 4. The molecule has 0 radical (unpaired) electrons. The molecule has 3 N–H and O–H groups in total. The van der Waals surface area contributed by atoms with Gasteiger partial charge in [0.05, 0.1) is 0 Å². The number of imidazole rings is 1. The topological polar surface area (TPSA) is 85.8 Å². The van der Waals surface area contributed by atoms with Crippen LogP contribution in [0, 0.1) is 6.92 Å². The Morgan fingerprint density at radius 1 is 1.47 bits per heavy atom. The number of carbonyl (C=O) groups excluding carboxylic acids is 1. The highest BCUT2D eigenvalue weighted by Crippen LogP contribution is 2.24. The zero-order valence-corrected chi connectivity index (χ0v) is 11.1. The van der Waals surface area contributed by atoms with E-state index in [-0.39, 0.29) is 5.91 Å². The lowest BCUT2D eigenvalue weighted by molar-refractivity contribution is -0.123. The summed E-state index contributed by atoms with van der Waals surface area (Å²) in [6, 6.07) is 3.69. The van der Waals surface area contributed by atoms with Crippen molar-refractivity contribution in [2.75, 3.05) is 5.73 Å². The fourth-order valence-electron chi connectivity index (χ4n) is 2.13. The molecule has 2 heterocycles. The van der Waals surface area contributed by atoms with Crippen molar-refractivity contribution in [2.45, 2.75) is 38.8 Å². The number of aromatic nitrogens is 3. The second-order valence-electron chi connectivity index (χ2n) is 5.09. The molecule has 1 atom stereocenters. The van der Waals surface area contributed by atoms with E-state index in [1.54, 1.807) is 4.57 Å². The summed E-state index contributed by atoms with van der Waals surface area (Å²) >= 11 is 0. The van der Waals surface area contributed by atoms with Crippen LogP contribution in [-0.4, -0.2) is 26.5 Å². The lowest BCUT2D eigenvalue weighted by Crippen LogP contribution is -2.33. The molecule has 0 saturated heterocycles. The Hall–Kier alpha value is -2.11. The van der Waals surface area contributed by atoms with E-state index < -0.39 is 6.04 Å². The Morgan fingerprint density at radius 3 is 2.89 bits per heavy atom. The van der Waals surface area contributed by atoms with Gasteiger partial charge in [-0.05, 0) is 38.8 Å². The summed E-state index contributed by atoms with van der Waals surface area (Å²) in [5, 5.41) is 2.98. The molecular weight excluding hydrogens is 242 g/mol. The standard InChI is InChI=1S/C13H17N5O/c1-7-3-6-10-11(15-7)18(13(14)17-10)8(2)12(19)16-9-4-5-9/h3,6,8-9H,4-5H2,1-2H3,(H2,14,17)(H,16,19). The molecule has 1 amide bonds. The van der Waals surface area contributed by atoms with Crippen LogP contribution in [-0.2, 0) is 4.79 Å². The molecular formula is C13H17N5O. The number of fused-ring (bicyclic) bond motifs is 1. The highest BCUT2D eigenvalue weighted by molar-refractivity contribution is 5.84. The maximum absolute atomic E-state index is 12.1. The molecule has 19 heavy (non-hydrogen) atoms. The van der Waals surface area contributed by atoms with Gasteiger partial charge in [-0.2, -0.15) is 0 Å². The number of pyridine rings is 1. The van der Waals surface area contributed by atoms with Crippen molar-refractivity contribution >= 4 is 23.0 Å². The predicted octanol–water partition coefficient (Wildman–Crippen LogP) is 1.16. The SMILES string of the molecule is Cc1ccc2nc(N)n(C(C)C(=O)NC3CC3)c2n1. The van der Waals surface area contributed by atoms with E-state index in [4.69, 9.17) is 5.73 Å². The third-order valence-electron chi connectivity index (χ3n) is 3.39. The van der Waals surface area contributed by atoms with Crippen LogP contribution in [0.4, 0.5) is 5.95 Å². The van der Waals surface area contributed by atoms with Gasteiger partial charge >= 0.3 is 0 Å². The van der Waals surface area contributed by atoms with Crippen molar-refractivity contribution in [1.82, 2.24) is 19.9 Å². The van der Waals surface area contributed by atoms with Crippen LogP contribution in [0.5, 0.6) is 0 Å². The monoisotopic (exact) mass is 259 g/mol. The number of nitrogens with two attached hydrogens (primary N) is 1. The normalized spacial score (nSPS) is 16.5. The quantitative estimate of drug-likeness (QED) is 0.866. The predicted molar refractivity (Wildman–Crippen MR) is 72.6 cm³/mol.